The van der Waals surface area contributed by atoms with Gasteiger partial charge in [0.2, 0.25) is 0 Å². The zero-order valence-corrected chi connectivity index (χ0v) is 30.9. The summed E-state index contributed by atoms with van der Waals surface area (Å²) in [5.41, 5.74) is 6.84. The van der Waals surface area contributed by atoms with Gasteiger partial charge >= 0.3 is 7.60 Å². The molecular weight excluding hydrogens is 669 g/mol. The van der Waals surface area contributed by atoms with Crippen LogP contribution in [0.5, 0.6) is 0 Å². The first-order valence-electron chi connectivity index (χ1n) is 18.5. The Bertz CT molecular complexity index is 1240. The standard InChI is InChI=1S/C34H62N5O10P/c1-3-4-5-6-7-8-9-10-11-12-13-14-15-16-18-45-19-17-20-47-50(44,49-34-31(43)30(42)29(41)27(22-40)48-34)25-46-26(2)21-39-24-38-28-32(35)36-23-37-33(28)39/h23-24,26-27,29-31,34,40-43H,3-22,25H2,1-2H3,(H2,35,36,37)/t26?,27-,29+,30+,31-,34?,50?/m1/s1. The lowest BCUT2D eigenvalue weighted by molar-refractivity contribution is -0.279. The summed E-state index contributed by atoms with van der Waals surface area (Å²) in [5, 5.41) is 40.4. The number of nitrogens with two attached hydrogens (primary N) is 1. The van der Waals surface area contributed by atoms with Gasteiger partial charge in [-0.05, 0) is 19.8 Å². The number of hydrogen-bond acceptors (Lipinski definition) is 14. The minimum absolute atomic E-state index is 0.00748. The number of aliphatic hydroxyl groups excluding tert-OH is 4. The molecule has 15 nitrogen and oxygen atoms in total. The van der Waals surface area contributed by atoms with Crippen LogP contribution in [0.4, 0.5) is 5.82 Å². The summed E-state index contributed by atoms with van der Waals surface area (Å²) in [6.45, 7) is 4.66. The molecular formula is C34H62N5O10P. The van der Waals surface area contributed by atoms with Gasteiger partial charge in [0.1, 0.15) is 42.6 Å². The molecule has 0 aliphatic carbocycles. The van der Waals surface area contributed by atoms with Crippen LogP contribution in [0.1, 0.15) is 110 Å². The van der Waals surface area contributed by atoms with Crippen LogP contribution in [0.15, 0.2) is 12.7 Å². The molecule has 1 aliphatic heterocycles. The van der Waals surface area contributed by atoms with E-state index in [9.17, 15) is 25.0 Å². The van der Waals surface area contributed by atoms with Gasteiger partial charge in [0.15, 0.2) is 17.8 Å². The molecule has 6 N–H and O–H groups in total. The van der Waals surface area contributed by atoms with Gasteiger partial charge in [-0.2, -0.15) is 0 Å². The molecule has 288 valence electrons. The largest absolute Gasteiger partial charge is 0.394 e. The number of unbranched alkanes of at least 4 members (excludes halogenated alkanes) is 13. The Balaban J connectivity index is 1.36. The second-order valence-corrected chi connectivity index (χ2v) is 15.2. The molecule has 0 saturated carbocycles. The topological polar surface area (TPSA) is 214 Å². The fourth-order valence-electron chi connectivity index (χ4n) is 5.86. The average molecular weight is 732 g/mol. The summed E-state index contributed by atoms with van der Waals surface area (Å²) in [6, 6.07) is 0. The molecule has 2 aromatic rings. The fourth-order valence-corrected chi connectivity index (χ4v) is 7.39. The summed E-state index contributed by atoms with van der Waals surface area (Å²) in [7, 11) is -4.11. The van der Waals surface area contributed by atoms with E-state index >= 15 is 0 Å². The van der Waals surface area contributed by atoms with E-state index in [1.807, 2.05) is 0 Å². The fraction of sp³-hybridized carbons (Fsp3) is 0.853. The first-order chi connectivity index (χ1) is 24.2. The monoisotopic (exact) mass is 731 g/mol. The Labute approximate surface area is 296 Å². The molecule has 2 aromatic heterocycles. The van der Waals surface area contributed by atoms with Gasteiger partial charge in [-0.3, -0.25) is 9.09 Å². The number of imidazole rings is 1. The second kappa shape index (κ2) is 23.7. The van der Waals surface area contributed by atoms with Crippen LogP contribution in [-0.4, -0.2) is 110 Å². The zero-order valence-electron chi connectivity index (χ0n) is 30.0. The van der Waals surface area contributed by atoms with E-state index < -0.39 is 57.4 Å². The predicted octanol–water partition coefficient (Wildman–Crippen LogP) is 4.69. The first kappa shape index (κ1) is 42.6. The van der Waals surface area contributed by atoms with Crippen molar-refractivity contribution in [3.63, 3.8) is 0 Å². The summed E-state index contributed by atoms with van der Waals surface area (Å²) < 4.78 is 43.9. The maximum absolute atomic E-state index is 13.9. The van der Waals surface area contributed by atoms with Crippen LogP contribution in [0, 0.1) is 0 Å². The van der Waals surface area contributed by atoms with Gasteiger partial charge in [-0.1, -0.05) is 90.4 Å². The highest BCUT2D eigenvalue weighted by Crippen LogP contribution is 2.51. The molecule has 3 heterocycles. The molecule has 3 rings (SSSR count). The van der Waals surface area contributed by atoms with Gasteiger partial charge in [0.05, 0.1) is 32.2 Å². The number of nitrogens with zero attached hydrogens (tertiary/aromatic N) is 4. The maximum atomic E-state index is 13.9. The lowest BCUT2D eigenvalue weighted by Gasteiger charge is -2.40. The summed E-state index contributed by atoms with van der Waals surface area (Å²) in [5.74, 6) is 0.247. The number of rotatable bonds is 28. The molecule has 16 heteroatoms. The molecule has 0 radical (unpaired) electrons. The Morgan fingerprint density at radius 3 is 2.12 bits per heavy atom. The van der Waals surface area contributed by atoms with Crippen molar-refractivity contribution in [2.45, 2.75) is 154 Å². The Morgan fingerprint density at radius 1 is 0.860 bits per heavy atom. The quantitative estimate of drug-likeness (QED) is 0.0594. The predicted molar refractivity (Wildman–Crippen MR) is 189 cm³/mol. The third-order valence-electron chi connectivity index (χ3n) is 8.88. The van der Waals surface area contributed by atoms with Gasteiger partial charge in [-0.25, -0.2) is 15.0 Å². The highest BCUT2D eigenvalue weighted by Gasteiger charge is 2.47. The minimum Gasteiger partial charge on any atom is -0.394 e. The molecule has 0 amide bonds. The zero-order chi connectivity index (χ0) is 36.2. The number of ether oxygens (including phenoxy) is 3. The smallest absolute Gasteiger partial charge is 0.358 e. The number of aromatic nitrogens is 4. The number of fused-ring (bicyclic) bond motifs is 1. The molecule has 0 spiro atoms. The van der Waals surface area contributed by atoms with E-state index in [1.165, 1.54) is 83.4 Å². The van der Waals surface area contributed by atoms with Crippen LogP contribution in [-0.2, 0) is 34.4 Å². The van der Waals surface area contributed by atoms with E-state index in [0.29, 0.717) is 30.8 Å². The van der Waals surface area contributed by atoms with Crippen molar-refractivity contribution in [1.29, 1.82) is 0 Å². The first-order valence-corrected chi connectivity index (χ1v) is 20.2. The summed E-state index contributed by atoms with van der Waals surface area (Å²) in [6.07, 6.45) is 12.5. The molecule has 1 aliphatic rings. The van der Waals surface area contributed by atoms with Crippen molar-refractivity contribution in [2.24, 2.45) is 0 Å². The molecule has 50 heavy (non-hydrogen) atoms. The third kappa shape index (κ3) is 14.7. The van der Waals surface area contributed by atoms with Crippen LogP contribution in [0.25, 0.3) is 11.2 Å². The van der Waals surface area contributed by atoms with Crippen LogP contribution in [0.3, 0.4) is 0 Å². The highest BCUT2D eigenvalue weighted by molar-refractivity contribution is 7.53. The van der Waals surface area contributed by atoms with Crippen molar-refractivity contribution < 1.29 is 48.2 Å². The molecule has 3 unspecified atom stereocenters. The van der Waals surface area contributed by atoms with Gasteiger partial charge < -0.3 is 49.5 Å². The van der Waals surface area contributed by atoms with E-state index in [4.69, 9.17) is 29.0 Å². The molecule has 1 saturated heterocycles. The van der Waals surface area contributed by atoms with Gasteiger partial charge in [0.25, 0.3) is 0 Å². The normalized spacial score (nSPS) is 23.0. The van der Waals surface area contributed by atoms with Gasteiger partial charge in [0, 0.05) is 13.2 Å². The molecule has 1 fully saturated rings. The van der Waals surface area contributed by atoms with E-state index in [1.54, 1.807) is 17.8 Å². The number of aliphatic hydroxyl groups is 4. The number of anilines is 1. The lowest BCUT2D eigenvalue weighted by Crippen LogP contribution is -2.59. The molecule has 0 bridgehead atoms. The van der Waals surface area contributed by atoms with Crippen LogP contribution in [0.2, 0.25) is 0 Å². The highest BCUT2D eigenvalue weighted by atomic mass is 31.2. The molecule has 7 atom stereocenters. The maximum Gasteiger partial charge on any atom is 0.358 e. The van der Waals surface area contributed by atoms with Crippen molar-refractivity contribution in [1.82, 2.24) is 19.5 Å². The van der Waals surface area contributed by atoms with Gasteiger partial charge in [-0.15, -0.1) is 0 Å². The summed E-state index contributed by atoms with van der Waals surface area (Å²) >= 11 is 0. The lowest BCUT2D eigenvalue weighted by atomic mass is 10.00. The minimum atomic E-state index is -4.11. The van der Waals surface area contributed by atoms with Crippen molar-refractivity contribution >= 4 is 24.6 Å². The Morgan fingerprint density at radius 2 is 1.48 bits per heavy atom. The third-order valence-corrected chi connectivity index (χ3v) is 10.4. The summed E-state index contributed by atoms with van der Waals surface area (Å²) in [4.78, 5) is 12.4. The Kier molecular flexibility index (Phi) is 20.2. The van der Waals surface area contributed by atoms with Crippen molar-refractivity contribution in [3.8, 4) is 0 Å². The number of nitrogen functional groups attached to an aromatic ring is 1. The van der Waals surface area contributed by atoms with Crippen LogP contribution >= 0.6 is 7.60 Å². The Hall–Kier alpha value is -1.78. The van der Waals surface area contributed by atoms with E-state index in [0.717, 1.165) is 12.8 Å². The average Bonchev–Trinajstić information content (AvgIpc) is 3.52. The van der Waals surface area contributed by atoms with E-state index in [2.05, 4.69) is 21.9 Å². The van der Waals surface area contributed by atoms with Crippen LogP contribution < -0.4 is 5.73 Å². The van der Waals surface area contributed by atoms with E-state index in [-0.39, 0.29) is 19.0 Å². The number of hydrogen-bond donors (Lipinski definition) is 5. The van der Waals surface area contributed by atoms with Crippen molar-refractivity contribution in [2.75, 3.05) is 38.5 Å². The van der Waals surface area contributed by atoms with Crippen molar-refractivity contribution in [3.05, 3.63) is 12.7 Å². The molecule has 0 aromatic carbocycles. The second-order valence-electron chi connectivity index (χ2n) is 13.2. The SMILES string of the molecule is CCCCCCCCCCCCCCCCOCCCOP(=O)(COC(C)Cn1cnc2c(N)ncnc21)OC1O[C@H](CO)[C@H](O)[C@H](O)[C@H]1O.